The van der Waals surface area contributed by atoms with Crippen molar-refractivity contribution in [1.82, 2.24) is 9.97 Å². The van der Waals surface area contributed by atoms with Gasteiger partial charge in [-0.2, -0.15) is 0 Å². The highest BCUT2D eigenvalue weighted by Gasteiger charge is 2.20. The SMILES string of the molecule is NC1CCN(c2ccc(NC(=O)c3ccc(Oc4ccccc4)nc3)cn2)C1. The number of carbonyl (C=O) groups is 1. The van der Waals surface area contributed by atoms with Crippen molar-refractivity contribution < 1.29 is 9.53 Å². The summed E-state index contributed by atoms with van der Waals surface area (Å²) in [7, 11) is 0. The predicted molar refractivity (Wildman–Crippen MR) is 108 cm³/mol. The highest BCUT2D eigenvalue weighted by atomic mass is 16.5. The van der Waals surface area contributed by atoms with Gasteiger partial charge in [-0.1, -0.05) is 18.2 Å². The number of nitrogens with one attached hydrogen (secondary N) is 1. The Bertz CT molecular complexity index is 929. The van der Waals surface area contributed by atoms with Gasteiger partial charge in [0.1, 0.15) is 11.6 Å². The summed E-state index contributed by atoms with van der Waals surface area (Å²) in [6.07, 6.45) is 4.11. The number of nitrogens with zero attached hydrogens (tertiary/aromatic N) is 3. The molecule has 0 aliphatic carbocycles. The van der Waals surface area contributed by atoms with Gasteiger partial charge in [-0.3, -0.25) is 4.79 Å². The van der Waals surface area contributed by atoms with Gasteiger partial charge in [0.25, 0.3) is 5.91 Å². The number of hydrogen-bond acceptors (Lipinski definition) is 6. The van der Waals surface area contributed by atoms with Crippen molar-refractivity contribution in [3.63, 3.8) is 0 Å². The highest BCUT2D eigenvalue weighted by Crippen LogP contribution is 2.20. The van der Waals surface area contributed by atoms with Crippen LogP contribution in [0.5, 0.6) is 11.6 Å². The first-order valence-corrected chi connectivity index (χ1v) is 9.14. The number of pyridine rings is 2. The Morgan fingerprint density at radius 2 is 1.93 bits per heavy atom. The molecule has 1 unspecified atom stereocenters. The van der Waals surface area contributed by atoms with Crippen LogP contribution in [-0.4, -0.2) is 35.0 Å². The highest BCUT2D eigenvalue weighted by molar-refractivity contribution is 6.04. The predicted octanol–water partition coefficient (Wildman–Crippen LogP) is 3.06. The van der Waals surface area contributed by atoms with Gasteiger partial charge in [0.05, 0.1) is 17.4 Å². The summed E-state index contributed by atoms with van der Waals surface area (Å²) in [6.45, 7) is 1.71. The third kappa shape index (κ3) is 4.27. The molecule has 1 aliphatic rings. The fraction of sp³-hybridized carbons (Fsp3) is 0.190. The third-order valence-corrected chi connectivity index (χ3v) is 4.52. The lowest BCUT2D eigenvalue weighted by atomic mass is 10.2. The quantitative estimate of drug-likeness (QED) is 0.712. The summed E-state index contributed by atoms with van der Waals surface area (Å²) in [5.74, 6) is 1.74. The van der Waals surface area contributed by atoms with E-state index in [0.717, 1.165) is 25.3 Å². The van der Waals surface area contributed by atoms with Crippen molar-refractivity contribution in [1.29, 1.82) is 0 Å². The summed E-state index contributed by atoms with van der Waals surface area (Å²) in [4.78, 5) is 23.2. The molecular weight excluding hydrogens is 354 g/mol. The lowest BCUT2D eigenvalue weighted by Crippen LogP contribution is -2.26. The minimum absolute atomic E-state index is 0.197. The van der Waals surface area contributed by atoms with Gasteiger partial charge < -0.3 is 20.7 Å². The molecule has 3 heterocycles. The lowest BCUT2D eigenvalue weighted by molar-refractivity contribution is 0.102. The zero-order valence-electron chi connectivity index (χ0n) is 15.3. The number of para-hydroxylation sites is 1. The van der Waals surface area contributed by atoms with Crippen LogP contribution in [-0.2, 0) is 0 Å². The first-order chi connectivity index (χ1) is 13.7. The normalized spacial score (nSPS) is 16.0. The number of nitrogens with two attached hydrogens (primary N) is 1. The van der Waals surface area contributed by atoms with Gasteiger partial charge in [-0.25, -0.2) is 9.97 Å². The van der Waals surface area contributed by atoms with Gasteiger partial charge in [0.2, 0.25) is 5.88 Å². The number of rotatable bonds is 5. The van der Waals surface area contributed by atoms with Crippen LogP contribution in [0.15, 0.2) is 67.0 Å². The van der Waals surface area contributed by atoms with E-state index in [-0.39, 0.29) is 11.9 Å². The summed E-state index contributed by atoms with van der Waals surface area (Å²) in [5, 5.41) is 2.83. The molecular formula is C21H21N5O2. The molecule has 3 aromatic rings. The Labute approximate surface area is 163 Å². The van der Waals surface area contributed by atoms with E-state index in [1.165, 1.54) is 6.20 Å². The van der Waals surface area contributed by atoms with Gasteiger partial charge in [0.15, 0.2) is 0 Å². The number of aromatic nitrogens is 2. The molecule has 1 amide bonds. The van der Waals surface area contributed by atoms with Crippen molar-refractivity contribution in [2.75, 3.05) is 23.3 Å². The van der Waals surface area contributed by atoms with Gasteiger partial charge in [-0.05, 0) is 36.8 Å². The second-order valence-corrected chi connectivity index (χ2v) is 6.65. The Kier molecular flexibility index (Phi) is 5.16. The number of benzene rings is 1. The minimum Gasteiger partial charge on any atom is -0.439 e. The van der Waals surface area contributed by atoms with Gasteiger partial charge in [-0.15, -0.1) is 0 Å². The maximum absolute atomic E-state index is 12.4. The fourth-order valence-corrected chi connectivity index (χ4v) is 3.03. The van der Waals surface area contributed by atoms with Crippen LogP contribution >= 0.6 is 0 Å². The Hall–Kier alpha value is -3.45. The Balaban J connectivity index is 1.36. The molecule has 1 aliphatic heterocycles. The molecule has 2 aromatic heterocycles. The van der Waals surface area contributed by atoms with Crippen LogP contribution in [0.2, 0.25) is 0 Å². The summed E-state index contributed by atoms with van der Waals surface area (Å²) in [5.41, 5.74) is 7.00. The monoisotopic (exact) mass is 375 g/mol. The summed E-state index contributed by atoms with van der Waals surface area (Å²) in [6, 6.07) is 16.6. The molecule has 1 saturated heterocycles. The summed E-state index contributed by atoms with van der Waals surface area (Å²) < 4.78 is 5.63. The number of amides is 1. The molecule has 142 valence electrons. The molecule has 1 fully saturated rings. The number of carbonyl (C=O) groups excluding carboxylic acids is 1. The van der Waals surface area contributed by atoms with E-state index in [2.05, 4.69) is 20.2 Å². The van der Waals surface area contributed by atoms with E-state index >= 15 is 0 Å². The molecule has 0 spiro atoms. The topological polar surface area (TPSA) is 93.4 Å². The minimum atomic E-state index is -0.253. The number of anilines is 2. The molecule has 0 bridgehead atoms. The fourth-order valence-electron chi connectivity index (χ4n) is 3.03. The number of hydrogen-bond donors (Lipinski definition) is 2. The van der Waals surface area contributed by atoms with E-state index in [4.69, 9.17) is 10.5 Å². The first-order valence-electron chi connectivity index (χ1n) is 9.14. The first kappa shape index (κ1) is 17.9. The van der Waals surface area contributed by atoms with E-state index in [1.807, 2.05) is 42.5 Å². The largest absolute Gasteiger partial charge is 0.439 e. The van der Waals surface area contributed by atoms with Crippen molar-refractivity contribution in [3.8, 4) is 11.6 Å². The molecule has 3 N–H and O–H groups in total. The van der Waals surface area contributed by atoms with Crippen molar-refractivity contribution in [3.05, 3.63) is 72.6 Å². The third-order valence-electron chi connectivity index (χ3n) is 4.52. The van der Waals surface area contributed by atoms with E-state index in [0.29, 0.717) is 22.9 Å². The smallest absolute Gasteiger partial charge is 0.257 e. The molecule has 4 rings (SSSR count). The molecule has 1 atom stereocenters. The van der Waals surface area contributed by atoms with Crippen LogP contribution in [0.4, 0.5) is 11.5 Å². The number of ether oxygens (including phenoxy) is 1. The van der Waals surface area contributed by atoms with Crippen LogP contribution in [0.25, 0.3) is 0 Å². The van der Waals surface area contributed by atoms with Gasteiger partial charge in [0, 0.05) is 31.4 Å². The van der Waals surface area contributed by atoms with Crippen molar-refractivity contribution in [2.24, 2.45) is 5.73 Å². The maximum Gasteiger partial charge on any atom is 0.257 e. The van der Waals surface area contributed by atoms with Crippen LogP contribution in [0.1, 0.15) is 16.8 Å². The zero-order valence-corrected chi connectivity index (χ0v) is 15.3. The molecule has 7 nitrogen and oxygen atoms in total. The van der Waals surface area contributed by atoms with Crippen LogP contribution in [0.3, 0.4) is 0 Å². The maximum atomic E-state index is 12.4. The molecule has 0 saturated carbocycles. The Morgan fingerprint density at radius 1 is 1.07 bits per heavy atom. The van der Waals surface area contributed by atoms with E-state index in [1.54, 1.807) is 18.3 Å². The van der Waals surface area contributed by atoms with Crippen LogP contribution < -0.4 is 20.7 Å². The molecule has 1 aromatic carbocycles. The van der Waals surface area contributed by atoms with Crippen LogP contribution in [0, 0.1) is 0 Å². The lowest BCUT2D eigenvalue weighted by Gasteiger charge is -2.17. The Morgan fingerprint density at radius 3 is 2.57 bits per heavy atom. The molecule has 7 heteroatoms. The van der Waals surface area contributed by atoms with Gasteiger partial charge >= 0.3 is 0 Å². The van der Waals surface area contributed by atoms with Crippen molar-refractivity contribution in [2.45, 2.75) is 12.5 Å². The second-order valence-electron chi connectivity index (χ2n) is 6.65. The average molecular weight is 375 g/mol. The average Bonchev–Trinajstić information content (AvgIpc) is 3.16. The van der Waals surface area contributed by atoms with E-state index in [9.17, 15) is 4.79 Å². The molecule has 0 radical (unpaired) electrons. The molecule has 28 heavy (non-hydrogen) atoms. The second kappa shape index (κ2) is 8.06. The zero-order chi connectivity index (χ0) is 19.3. The van der Waals surface area contributed by atoms with Crippen molar-refractivity contribution >= 4 is 17.4 Å². The summed E-state index contributed by atoms with van der Waals surface area (Å²) >= 11 is 0. The standard InChI is InChI=1S/C21H21N5O2/c22-16-10-11-26(14-16)19-8-7-17(13-23-19)25-21(27)15-6-9-20(24-12-15)28-18-4-2-1-3-5-18/h1-9,12-13,16H,10-11,14,22H2,(H,25,27). The van der Waals surface area contributed by atoms with E-state index < -0.39 is 0 Å².